The highest BCUT2D eigenvalue weighted by atomic mass is 32.2. The standard InChI is InChI=1S/C20H15F2N3O2S/c1-3-10-23-18(26)12(2)28-20-24-16-7-5-4-6-14(16)19(27)25(20)17-9-8-13(21)11-15(17)22/h1,4-9,11-12H,10H2,2H3,(H,23,26). The van der Waals surface area contributed by atoms with E-state index in [0.717, 1.165) is 28.5 Å². The molecule has 142 valence electrons. The molecule has 1 atom stereocenters. The van der Waals surface area contributed by atoms with Gasteiger partial charge < -0.3 is 5.32 Å². The van der Waals surface area contributed by atoms with Gasteiger partial charge in [-0.2, -0.15) is 0 Å². The molecule has 0 aliphatic carbocycles. The number of amides is 1. The summed E-state index contributed by atoms with van der Waals surface area (Å²) in [6.07, 6.45) is 5.14. The summed E-state index contributed by atoms with van der Waals surface area (Å²) in [5.41, 5.74) is -0.261. The van der Waals surface area contributed by atoms with E-state index in [1.54, 1.807) is 31.2 Å². The minimum atomic E-state index is -0.912. The molecule has 1 aromatic heterocycles. The first-order valence-corrected chi connectivity index (χ1v) is 9.15. The monoisotopic (exact) mass is 399 g/mol. The number of hydrogen-bond donors (Lipinski definition) is 1. The number of thioether (sulfide) groups is 1. The van der Waals surface area contributed by atoms with Crippen LogP contribution in [-0.2, 0) is 4.79 Å². The summed E-state index contributed by atoms with van der Waals surface area (Å²) >= 11 is 0.976. The Morgan fingerprint density at radius 1 is 1.32 bits per heavy atom. The zero-order valence-electron chi connectivity index (χ0n) is 14.8. The molecule has 0 bridgehead atoms. The van der Waals surface area contributed by atoms with Crippen LogP contribution in [0.3, 0.4) is 0 Å². The van der Waals surface area contributed by atoms with Crippen LogP contribution in [0.1, 0.15) is 6.92 Å². The van der Waals surface area contributed by atoms with E-state index in [1.165, 1.54) is 0 Å². The fourth-order valence-electron chi connectivity index (χ4n) is 2.56. The smallest absolute Gasteiger partial charge is 0.266 e. The van der Waals surface area contributed by atoms with Crippen molar-refractivity contribution in [1.29, 1.82) is 0 Å². The van der Waals surface area contributed by atoms with Crippen LogP contribution in [0.5, 0.6) is 0 Å². The molecule has 0 spiro atoms. The number of nitrogens with zero attached hydrogens (tertiary/aromatic N) is 2. The zero-order chi connectivity index (χ0) is 20.3. The third-order valence-electron chi connectivity index (χ3n) is 3.91. The van der Waals surface area contributed by atoms with Crippen molar-refractivity contribution in [3.8, 4) is 18.0 Å². The van der Waals surface area contributed by atoms with E-state index in [9.17, 15) is 18.4 Å². The molecule has 8 heteroatoms. The van der Waals surface area contributed by atoms with Gasteiger partial charge in [-0.25, -0.2) is 13.8 Å². The van der Waals surface area contributed by atoms with Gasteiger partial charge in [-0.3, -0.25) is 14.2 Å². The van der Waals surface area contributed by atoms with Crippen molar-refractivity contribution in [2.75, 3.05) is 6.54 Å². The number of terminal acetylenes is 1. The molecule has 5 nitrogen and oxygen atoms in total. The van der Waals surface area contributed by atoms with Crippen LogP contribution in [0, 0.1) is 24.0 Å². The highest BCUT2D eigenvalue weighted by molar-refractivity contribution is 8.00. The molecule has 1 unspecified atom stereocenters. The van der Waals surface area contributed by atoms with Crippen molar-refractivity contribution in [2.24, 2.45) is 0 Å². The number of halogens is 2. The number of benzene rings is 2. The Bertz CT molecular complexity index is 1150. The molecule has 0 radical (unpaired) electrons. The summed E-state index contributed by atoms with van der Waals surface area (Å²) in [5, 5.41) is 2.28. The molecule has 28 heavy (non-hydrogen) atoms. The van der Waals surface area contributed by atoms with Crippen LogP contribution in [-0.4, -0.2) is 27.3 Å². The SMILES string of the molecule is C#CCNC(=O)C(C)Sc1nc2ccccc2c(=O)n1-c1ccc(F)cc1F. The number of aromatic nitrogens is 2. The maximum Gasteiger partial charge on any atom is 0.266 e. The number of rotatable bonds is 5. The summed E-state index contributed by atoms with van der Waals surface area (Å²) < 4.78 is 28.8. The van der Waals surface area contributed by atoms with Crippen molar-refractivity contribution in [3.63, 3.8) is 0 Å². The Kier molecular flexibility index (Phi) is 5.76. The van der Waals surface area contributed by atoms with Crippen LogP contribution in [0.15, 0.2) is 52.4 Å². The van der Waals surface area contributed by atoms with E-state index in [4.69, 9.17) is 6.42 Å². The Hall–Kier alpha value is -3.18. The molecule has 1 N–H and O–H groups in total. The number of nitrogens with one attached hydrogen (secondary N) is 1. The molecular formula is C20H15F2N3O2S. The van der Waals surface area contributed by atoms with Crippen molar-refractivity contribution in [2.45, 2.75) is 17.3 Å². The molecule has 0 saturated heterocycles. The van der Waals surface area contributed by atoms with Gasteiger partial charge in [0.25, 0.3) is 5.56 Å². The molecule has 3 aromatic rings. The van der Waals surface area contributed by atoms with Gasteiger partial charge in [0.1, 0.15) is 11.6 Å². The normalized spacial score (nSPS) is 11.8. The molecule has 1 amide bonds. The van der Waals surface area contributed by atoms with E-state index in [0.29, 0.717) is 11.6 Å². The van der Waals surface area contributed by atoms with Gasteiger partial charge in [-0.05, 0) is 31.2 Å². The van der Waals surface area contributed by atoms with Gasteiger partial charge in [-0.15, -0.1) is 6.42 Å². The summed E-state index contributed by atoms with van der Waals surface area (Å²) in [6.45, 7) is 1.68. The van der Waals surface area contributed by atoms with Crippen molar-refractivity contribution in [3.05, 3.63) is 64.5 Å². The minimum Gasteiger partial charge on any atom is -0.344 e. The maximum atomic E-state index is 14.4. The molecule has 0 saturated carbocycles. The number of hydrogen-bond acceptors (Lipinski definition) is 4. The van der Waals surface area contributed by atoms with Crippen LogP contribution in [0.25, 0.3) is 16.6 Å². The highest BCUT2D eigenvalue weighted by Crippen LogP contribution is 2.26. The van der Waals surface area contributed by atoms with E-state index in [-0.39, 0.29) is 28.7 Å². The van der Waals surface area contributed by atoms with Gasteiger partial charge in [0.2, 0.25) is 5.91 Å². The molecule has 0 aliphatic heterocycles. The summed E-state index contributed by atoms with van der Waals surface area (Å²) in [4.78, 5) is 29.6. The van der Waals surface area contributed by atoms with Crippen molar-refractivity contribution < 1.29 is 13.6 Å². The molecule has 0 fully saturated rings. The fourth-order valence-corrected chi connectivity index (χ4v) is 3.50. The van der Waals surface area contributed by atoms with Crippen molar-refractivity contribution >= 4 is 28.6 Å². The van der Waals surface area contributed by atoms with Gasteiger partial charge in [-0.1, -0.05) is 29.8 Å². The average Bonchev–Trinajstić information content (AvgIpc) is 2.67. The second-order valence-electron chi connectivity index (χ2n) is 5.83. The topological polar surface area (TPSA) is 64.0 Å². The lowest BCUT2D eigenvalue weighted by atomic mass is 10.2. The van der Waals surface area contributed by atoms with E-state index < -0.39 is 22.4 Å². The summed E-state index contributed by atoms with van der Waals surface area (Å²) in [5.74, 6) is 0.277. The Labute approximate surface area is 163 Å². The van der Waals surface area contributed by atoms with Gasteiger partial charge >= 0.3 is 0 Å². The second-order valence-corrected chi connectivity index (χ2v) is 7.14. The number of carbonyl (C=O) groups is 1. The van der Waals surface area contributed by atoms with Crippen LogP contribution >= 0.6 is 11.8 Å². The molecular weight excluding hydrogens is 384 g/mol. The predicted molar refractivity (Wildman–Crippen MR) is 104 cm³/mol. The molecule has 0 aliphatic rings. The fraction of sp³-hybridized carbons (Fsp3) is 0.150. The number of carbonyl (C=O) groups excluding carboxylic acids is 1. The van der Waals surface area contributed by atoms with Crippen molar-refractivity contribution in [1.82, 2.24) is 14.9 Å². The van der Waals surface area contributed by atoms with Crippen LogP contribution in [0.2, 0.25) is 0 Å². The van der Waals surface area contributed by atoms with Crippen LogP contribution < -0.4 is 10.9 Å². The summed E-state index contributed by atoms with van der Waals surface area (Å²) in [6, 6.07) is 9.51. The molecule has 3 rings (SSSR count). The number of para-hydroxylation sites is 1. The highest BCUT2D eigenvalue weighted by Gasteiger charge is 2.21. The third kappa shape index (κ3) is 3.89. The minimum absolute atomic E-state index is 0.0638. The zero-order valence-corrected chi connectivity index (χ0v) is 15.6. The Balaban J connectivity index is 2.16. The van der Waals surface area contributed by atoms with Gasteiger partial charge in [0.15, 0.2) is 5.16 Å². The van der Waals surface area contributed by atoms with E-state index >= 15 is 0 Å². The largest absolute Gasteiger partial charge is 0.344 e. The first-order valence-electron chi connectivity index (χ1n) is 8.27. The third-order valence-corrected chi connectivity index (χ3v) is 4.96. The Morgan fingerprint density at radius 3 is 2.79 bits per heavy atom. The van der Waals surface area contributed by atoms with Gasteiger partial charge in [0.05, 0.1) is 28.4 Å². The van der Waals surface area contributed by atoms with Crippen LogP contribution in [0.4, 0.5) is 8.78 Å². The average molecular weight is 399 g/mol. The second kappa shape index (κ2) is 8.23. The molecule has 1 heterocycles. The maximum absolute atomic E-state index is 14.4. The lowest BCUT2D eigenvalue weighted by Gasteiger charge is -2.16. The lowest BCUT2D eigenvalue weighted by Crippen LogP contribution is -2.32. The quantitative estimate of drug-likeness (QED) is 0.407. The van der Waals surface area contributed by atoms with E-state index in [2.05, 4.69) is 16.2 Å². The summed E-state index contributed by atoms with van der Waals surface area (Å²) in [7, 11) is 0. The predicted octanol–water partition coefficient (Wildman–Crippen LogP) is 2.89. The molecule has 2 aromatic carbocycles. The first kappa shape index (κ1) is 19.6. The Morgan fingerprint density at radius 2 is 2.07 bits per heavy atom. The van der Waals surface area contributed by atoms with E-state index in [1.807, 2.05) is 0 Å². The number of fused-ring (bicyclic) bond motifs is 1. The van der Waals surface area contributed by atoms with Gasteiger partial charge in [0, 0.05) is 6.07 Å². The lowest BCUT2D eigenvalue weighted by molar-refractivity contribution is -0.120. The first-order chi connectivity index (χ1) is 13.4.